The maximum absolute atomic E-state index is 12.0. The molecule has 0 radical (unpaired) electrons. The predicted octanol–water partition coefficient (Wildman–Crippen LogP) is -0.177. The molecule has 0 saturated heterocycles. The fourth-order valence-electron chi connectivity index (χ4n) is 1.51. The lowest BCUT2D eigenvalue weighted by Crippen LogP contribution is -2.36. The molecule has 21 heavy (non-hydrogen) atoms. The maximum Gasteiger partial charge on any atom is 0.251 e. The van der Waals surface area contributed by atoms with Crippen LogP contribution in [0.25, 0.3) is 0 Å². The Labute approximate surface area is 124 Å². The molecule has 1 rings (SSSR count). The molecule has 112 valence electrons. The molecule has 0 aliphatic carbocycles. The summed E-state index contributed by atoms with van der Waals surface area (Å²) in [7, 11) is 4.78. The van der Waals surface area contributed by atoms with Crippen LogP contribution in [0, 0.1) is 11.8 Å². The lowest BCUT2D eigenvalue weighted by Gasteiger charge is -2.11. The van der Waals surface area contributed by atoms with Crippen LogP contribution in [0.4, 0.5) is 0 Å². The third kappa shape index (κ3) is 4.82. The van der Waals surface area contributed by atoms with Gasteiger partial charge in [0.1, 0.15) is 5.75 Å². The normalized spacial score (nSPS) is 9.33. The van der Waals surface area contributed by atoms with E-state index in [1.807, 2.05) is 0 Å². The van der Waals surface area contributed by atoms with Crippen molar-refractivity contribution in [3.8, 4) is 17.6 Å². The van der Waals surface area contributed by atoms with Crippen LogP contribution in [0.15, 0.2) is 18.2 Å². The third-order valence-electron chi connectivity index (χ3n) is 2.69. The molecule has 2 amide bonds. The SMILES string of the molecule is COc1ccc(C(=O)NCC(=O)N(C)C)cc1C#CCN. The highest BCUT2D eigenvalue weighted by Gasteiger charge is 2.11. The molecule has 0 heterocycles. The number of methoxy groups -OCH3 is 1. The minimum Gasteiger partial charge on any atom is -0.495 e. The van der Waals surface area contributed by atoms with Crippen molar-refractivity contribution in [2.45, 2.75) is 0 Å². The second-order valence-corrected chi connectivity index (χ2v) is 4.39. The molecule has 1 aromatic carbocycles. The molecule has 0 aliphatic heterocycles. The van der Waals surface area contributed by atoms with Crippen molar-refractivity contribution < 1.29 is 14.3 Å². The zero-order chi connectivity index (χ0) is 15.8. The van der Waals surface area contributed by atoms with E-state index in [1.165, 1.54) is 12.0 Å². The minimum atomic E-state index is -0.344. The number of carbonyl (C=O) groups excluding carboxylic acids is 2. The van der Waals surface area contributed by atoms with Gasteiger partial charge in [0.2, 0.25) is 5.91 Å². The van der Waals surface area contributed by atoms with Crippen LogP contribution in [0.2, 0.25) is 0 Å². The van der Waals surface area contributed by atoms with Gasteiger partial charge in [-0.25, -0.2) is 0 Å². The quantitative estimate of drug-likeness (QED) is 0.753. The zero-order valence-electron chi connectivity index (χ0n) is 12.4. The van der Waals surface area contributed by atoms with E-state index in [-0.39, 0.29) is 24.9 Å². The highest BCUT2D eigenvalue weighted by Crippen LogP contribution is 2.18. The maximum atomic E-state index is 12.0. The van der Waals surface area contributed by atoms with Crippen LogP contribution in [0.3, 0.4) is 0 Å². The van der Waals surface area contributed by atoms with Gasteiger partial charge in [0.05, 0.1) is 25.8 Å². The van der Waals surface area contributed by atoms with Crippen molar-refractivity contribution in [1.82, 2.24) is 10.2 Å². The number of hydrogen-bond donors (Lipinski definition) is 2. The molecule has 0 spiro atoms. The first-order valence-electron chi connectivity index (χ1n) is 6.35. The van der Waals surface area contributed by atoms with Crippen molar-refractivity contribution in [2.24, 2.45) is 5.73 Å². The summed E-state index contributed by atoms with van der Waals surface area (Å²) in [5.41, 5.74) is 6.32. The van der Waals surface area contributed by atoms with Crippen LogP contribution < -0.4 is 15.8 Å². The lowest BCUT2D eigenvalue weighted by atomic mass is 10.1. The van der Waals surface area contributed by atoms with Crippen LogP contribution in [-0.2, 0) is 4.79 Å². The molecule has 0 saturated carbocycles. The van der Waals surface area contributed by atoms with Gasteiger partial charge in [0.15, 0.2) is 0 Å². The number of nitrogens with two attached hydrogens (primary N) is 1. The average Bonchev–Trinajstić information content (AvgIpc) is 2.49. The Hall–Kier alpha value is -2.52. The number of rotatable bonds is 4. The summed E-state index contributed by atoms with van der Waals surface area (Å²) >= 11 is 0. The Bertz CT molecular complexity index is 586. The minimum absolute atomic E-state index is 0.0539. The van der Waals surface area contributed by atoms with Crippen molar-refractivity contribution in [3.63, 3.8) is 0 Å². The van der Waals surface area contributed by atoms with Gasteiger partial charge in [0, 0.05) is 19.7 Å². The van der Waals surface area contributed by atoms with Gasteiger partial charge in [-0.3, -0.25) is 9.59 Å². The molecule has 1 aromatic rings. The van der Waals surface area contributed by atoms with Gasteiger partial charge >= 0.3 is 0 Å². The van der Waals surface area contributed by atoms with E-state index < -0.39 is 0 Å². The number of nitrogens with zero attached hydrogens (tertiary/aromatic N) is 1. The summed E-state index contributed by atoms with van der Waals surface area (Å²) in [6, 6.07) is 4.88. The molecule has 6 heteroatoms. The van der Waals surface area contributed by atoms with Crippen LogP contribution in [0.1, 0.15) is 15.9 Å². The Balaban J connectivity index is 2.88. The summed E-state index contributed by atoms with van der Waals surface area (Å²) in [6.07, 6.45) is 0. The van der Waals surface area contributed by atoms with E-state index in [0.717, 1.165) is 0 Å². The Morgan fingerprint density at radius 2 is 2.10 bits per heavy atom. The molecular weight excluding hydrogens is 270 g/mol. The molecule has 0 bridgehead atoms. The molecule has 0 aliphatic rings. The number of ether oxygens (including phenoxy) is 1. The largest absolute Gasteiger partial charge is 0.495 e. The van der Waals surface area contributed by atoms with Gasteiger partial charge < -0.3 is 20.7 Å². The molecule has 0 fully saturated rings. The first-order chi connectivity index (χ1) is 9.99. The topological polar surface area (TPSA) is 84.7 Å². The Morgan fingerprint density at radius 1 is 1.38 bits per heavy atom. The second kappa shape index (κ2) is 7.92. The van der Waals surface area contributed by atoms with Gasteiger partial charge in [-0.1, -0.05) is 11.8 Å². The predicted molar refractivity (Wildman–Crippen MR) is 80.0 cm³/mol. The van der Waals surface area contributed by atoms with E-state index in [9.17, 15) is 9.59 Å². The van der Waals surface area contributed by atoms with E-state index >= 15 is 0 Å². The van der Waals surface area contributed by atoms with Crippen LogP contribution in [0.5, 0.6) is 5.75 Å². The smallest absolute Gasteiger partial charge is 0.251 e. The molecule has 6 nitrogen and oxygen atoms in total. The Kier molecular flexibility index (Phi) is 6.24. The number of amides is 2. The molecule has 0 unspecified atom stereocenters. The number of carbonyl (C=O) groups is 2. The van der Waals surface area contributed by atoms with Crippen molar-refractivity contribution in [3.05, 3.63) is 29.3 Å². The summed E-state index contributed by atoms with van der Waals surface area (Å²) in [6.45, 7) is 0.165. The number of hydrogen-bond acceptors (Lipinski definition) is 4. The second-order valence-electron chi connectivity index (χ2n) is 4.39. The molecule has 3 N–H and O–H groups in total. The number of benzene rings is 1. The van der Waals surface area contributed by atoms with E-state index in [0.29, 0.717) is 16.9 Å². The third-order valence-corrected chi connectivity index (χ3v) is 2.69. The van der Waals surface area contributed by atoms with E-state index in [1.54, 1.807) is 32.3 Å². The van der Waals surface area contributed by atoms with Crippen molar-refractivity contribution in [1.29, 1.82) is 0 Å². The van der Waals surface area contributed by atoms with Crippen molar-refractivity contribution in [2.75, 3.05) is 34.3 Å². The highest BCUT2D eigenvalue weighted by molar-refractivity contribution is 5.96. The Morgan fingerprint density at radius 3 is 2.67 bits per heavy atom. The van der Waals surface area contributed by atoms with E-state index in [4.69, 9.17) is 10.5 Å². The number of likely N-dealkylation sites (N-methyl/N-ethyl adjacent to an activating group) is 1. The molecular formula is C15H19N3O3. The van der Waals surface area contributed by atoms with Gasteiger partial charge in [-0.15, -0.1) is 0 Å². The molecule has 0 aromatic heterocycles. The summed E-state index contributed by atoms with van der Waals surface area (Å²) in [5.74, 6) is 5.61. The van der Waals surface area contributed by atoms with Gasteiger partial charge in [0.25, 0.3) is 5.91 Å². The van der Waals surface area contributed by atoms with Crippen LogP contribution in [-0.4, -0.2) is 51.0 Å². The van der Waals surface area contributed by atoms with E-state index in [2.05, 4.69) is 17.2 Å². The van der Waals surface area contributed by atoms with Crippen LogP contribution >= 0.6 is 0 Å². The molecule has 0 atom stereocenters. The standard InChI is InChI=1S/C15H19N3O3/c1-18(2)14(19)10-17-15(20)12-6-7-13(21-3)11(9-12)5-4-8-16/h6-7,9H,8,10,16H2,1-3H3,(H,17,20). The number of nitrogens with one attached hydrogen (secondary N) is 1. The monoisotopic (exact) mass is 289 g/mol. The van der Waals surface area contributed by atoms with Crippen molar-refractivity contribution >= 4 is 11.8 Å². The van der Waals surface area contributed by atoms with Gasteiger partial charge in [-0.2, -0.15) is 0 Å². The summed E-state index contributed by atoms with van der Waals surface area (Å²) in [5, 5.41) is 2.56. The average molecular weight is 289 g/mol. The fraction of sp³-hybridized carbons (Fsp3) is 0.333. The first-order valence-corrected chi connectivity index (χ1v) is 6.35. The highest BCUT2D eigenvalue weighted by atomic mass is 16.5. The fourth-order valence-corrected chi connectivity index (χ4v) is 1.51. The summed E-state index contributed by atoms with van der Waals surface area (Å²) < 4.78 is 5.17. The van der Waals surface area contributed by atoms with Gasteiger partial charge in [-0.05, 0) is 18.2 Å². The summed E-state index contributed by atoms with van der Waals surface area (Å²) in [4.78, 5) is 24.9. The first kappa shape index (κ1) is 16.5. The zero-order valence-corrected chi connectivity index (χ0v) is 12.4. The lowest BCUT2D eigenvalue weighted by molar-refractivity contribution is -0.127.